The summed E-state index contributed by atoms with van der Waals surface area (Å²) in [6, 6.07) is 10.6. The quantitative estimate of drug-likeness (QED) is 0.615. The minimum atomic E-state index is -0.0370. The summed E-state index contributed by atoms with van der Waals surface area (Å²) in [7, 11) is 0. The Hall–Kier alpha value is -3.40. The molecule has 1 fully saturated rings. The molecule has 1 saturated carbocycles. The van der Waals surface area contributed by atoms with Gasteiger partial charge in [-0.1, -0.05) is 19.3 Å². The first-order valence-electron chi connectivity index (χ1n) is 11.0. The number of amides is 1. The van der Waals surface area contributed by atoms with Crippen molar-refractivity contribution in [2.45, 2.75) is 64.8 Å². The maximum Gasteiger partial charge on any atom is 0.224 e. The number of carbonyl (C=O) groups is 1. The summed E-state index contributed by atoms with van der Waals surface area (Å²) in [6.07, 6.45) is 8.84. The van der Waals surface area contributed by atoms with Gasteiger partial charge in [-0.25, -0.2) is 9.50 Å². The number of fused-ring (bicyclic) bond motifs is 1. The highest BCUT2D eigenvalue weighted by Crippen LogP contribution is 2.23. The number of nitrogens with one attached hydrogen (secondary N) is 2. The zero-order valence-corrected chi connectivity index (χ0v) is 18.1. The normalized spacial score (nSPS) is 14.4. The van der Waals surface area contributed by atoms with Gasteiger partial charge in [-0.05, 0) is 62.9 Å². The third-order valence-corrected chi connectivity index (χ3v) is 6.08. The first-order valence-corrected chi connectivity index (χ1v) is 11.0. The van der Waals surface area contributed by atoms with Crippen molar-refractivity contribution in [3.8, 4) is 6.07 Å². The number of hydrogen-bond acceptors (Lipinski definition) is 5. The van der Waals surface area contributed by atoms with Gasteiger partial charge in [0.05, 0.1) is 6.20 Å². The highest BCUT2D eigenvalue weighted by molar-refractivity contribution is 5.91. The van der Waals surface area contributed by atoms with Crippen LogP contribution < -0.4 is 10.6 Å². The second-order valence-corrected chi connectivity index (χ2v) is 8.27. The molecule has 7 nitrogen and oxygen atoms in total. The van der Waals surface area contributed by atoms with Crippen molar-refractivity contribution >= 4 is 22.9 Å². The van der Waals surface area contributed by atoms with Crippen molar-refractivity contribution in [2.24, 2.45) is 0 Å². The van der Waals surface area contributed by atoms with Crippen molar-refractivity contribution in [1.29, 1.82) is 5.26 Å². The van der Waals surface area contributed by atoms with Crippen LogP contribution in [0, 0.1) is 25.2 Å². The molecule has 1 aromatic carbocycles. The fourth-order valence-corrected chi connectivity index (χ4v) is 4.35. The molecule has 0 spiro atoms. The lowest BCUT2D eigenvalue weighted by molar-refractivity contribution is -0.116. The molecule has 1 aliphatic carbocycles. The first kappa shape index (κ1) is 20.9. The van der Waals surface area contributed by atoms with Crippen LogP contribution >= 0.6 is 0 Å². The van der Waals surface area contributed by atoms with Crippen LogP contribution in [0.4, 0.5) is 11.4 Å². The van der Waals surface area contributed by atoms with Crippen LogP contribution in [-0.4, -0.2) is 26.5 Å². The highest BCUT2D eigenvalue weighted by Gasteiger charge is 2.15. The van der Waals surface area contributed by atoms with Crippen LogP contribution in [0.3, 0.4) is 0 Å². The molecule has 2 heterocycles. The smallest absolute Gasteiger partial charge is 0.224 e. The molecule has 2 N–H and O–H groups in total. The Kier molecular flexibility index (Phi) is 6.17. The average molecular weight is 417 g/mol. The lowest BCUT2D eigenvalue weighted by Gasteiger charge is -2.23. The third kappa shape index (κ3) is 4.69. The zero-order valence-electron chi connectivity index (χ0n) is 18.1. The van der Waals surface area contributed by atoms with Crippen LogP contribution in [0.1, 0.15) is 61.0 Å². The molecule has 2 aromatic heterocycles. The van der Waals surface area contributed by atoms with Gasteiger partial charge in [-0.2, -0.15) is 10.4 Å². The van der Waals surface area contributed by atoms with Crippen LogP contribution in [0.15, 0.2) is 30.5 Å². The van der Waals surface area contributed by atoms with E-state index in [0.29, 0.717) is 30.1 Å². The number of carbonyl (C=O) groups excluding carboxylic acids is 1. The summed E-state index contributed by atoms with van der Waals surface area (Å²) in [6.45, 7) is 3.85. The van der Waals surface area contributed by atoms with E-state index in [-0.39, 0.29) is 5.91 Å². The molecule has 0 aliphatic heterocycles. The molecular weight excluding hydrogens is 388 g/mol. The summed E-state index contributed by atoms with van der Waals surface area (Å²) >= 11 is 0. The molecule has 7 heteroatoms. The van der Waals surface area contributed by atoms with Gasteiger partial charge in [0.25, 0.3) is 0 Å². The summed E-state index contributed by atoms with van der Waals surface area (Å²) in [5, 5.41) is 20.0. The predicted octanol–water partition coefficient (Wildman–Crippen LogP) is 4.53. The van der Waals surface area contributed by atoms with E-state index < -0.39 is 0 Å². The Morgan fingerprint density at radius 3 is 2.58 bits per heavy atom. The standard InChI is InChI=1S/C24H28N6O/c1-16-22(17(2)30-24(27-16)18(14-25)15-26-30)12-13-23(31)29-21-10-8-20(9-11-21)28-19-6-4-3-5-7-19/h8-11,15,19,28H,3-7,12-13H2,1-2H3,(H,29,31). The number of aryl methyl sites for hydroxylation is 2. The van der Waals surface area contributed by atoms with Crippen LogP contribution in [0.2, 0.25) is 0 Å². The molecular formula is C24H28N6O. The molecule has 31 heavy (non-hydrogen) atoms. The lowest BCUT2D eigenvalue weighted by atomic mass is 9.95. The third-order valence-electron chi connectivity index (χ3n) is 6.08. The maximum atomic E-state index is 12.5. The Bertz CT molecular complexity index is 1120. The van der Waals surface area contributed by atoms with Gasteiger partial charge in [-0.15, -0.1) is 0 Å². The van der Waals surface area contributed by atoms with Gasteiger partial charge in [0.2, 0.25) is 5.91 Å². The van der Waals surface area contributed by atoms with E-state index in [0.717, 1.165) is 28.3 Å². The highest BCUT2D eigenvalue weighted by atomic mass is 16.1. The van der Waals surface area contributed by atoms with Crippen molar-refractivity contribution in [3.63, 3.8) is 0 Å². The lowest BCUT2D eigenvalue weighted by Crippen LogP contribution is -2.22. The van der Waals surface area contributed by atoms with E-state index in [2.05, 4.69) is 26.8 Å². The van der Waals surface area contributed by atoms with Crippen molar-refractivity contribution in [2.75, 3.05) is 10.6 Å². The van der Waals surface area contributed by atoms with Crippen LogP contribution in [0.25, 0.3) is 5.65 Å². The number of nitrogens with zero attached hydrogens (tertiary/aromatic N) is 4. The van der Waals surface area contributed by atoms with E-state index in [1.54, 1.807) is 4.52 Å². The van der Waals surface area contributed by atoms with Crippen LogP contribution in [0.5, 0.6) is 0 Å². The fraction of sp³-hybridized carbons (Fsp3) is 0.417. The molecule has 0 radical (unpaired) electrons. The van der Waals surface area contributed by atoms with Crippen LogP contribution in [-0.2, 0) is 11.2 Å². The number of nitriles is 1. The molecule has 1 aliphatic rings. The largest absolute Gasteiger partial charge is 0.382 e. The average Bonchev–Trinajstić information content (AvgIpc) is 3.18. The molecule has 0 unspecified atom stereocenters. The van der Waals surface area contributed by atoms with Crippen molar-refractivity contribution < 1.29 is 4.79 Å². The van der Waals surface area contributed by atoms with Gasteiger partial charge < -0.3 is 10.6 Å². The van der Waals surface area contributed by atoms with E-state index >= 15 is 0 Å². The fourth-order valence-electron chi connectivity index (χ4n) is 4.35. The molecule has 0 bridgehead atoms. The molecule has 160 valence electrons. The topological polar surface area (TPSA) is 95.1 Å². The summed E-state index contributed by atoms with van der Waals surface area (Å²) in [5.41, 5.74) is 5.65. The van der Waals surface area contributed by atoms with Crippen molar-refractivity contribution in [1.82, 2.24) is 14.6 Å². The van der Waals surface area contributed by atoms with Gasteiger partial charge in [0.1, 0.15) is 11.6 Å². The zero-order chi connectivity index (χ0) is 21.8. The van der Waals surface area contributed by atoms with E-state index in [4.69, 9.17) is 0 Å². The van der Waals surface area contributed by atoms with E-state index in [1.807, 2.05) is 38.1 Å². The molecule has 1 amide bonds. The molecule has 4 rings (SSSR count). The van der Waals surface area contributed by atoms with Gasteiger partial charge in [0.15, 0.2) is 5.65 Å². The SMILES string of the molecule is Cc1nc2c(C#N)cnn2c(C)c1CCC(=O)Nc1ccc(NC2CCCCC2)cc1. The minimum absolute atomic E-state index is 0.0370. The van der Waals surface area contributed by atoms with Gasteiger partial charge in [-0.3, -0.25) is 4.79 Å². The van der Waals surface area contributed by atoms with Crippen molar-refractivity contribution in [3.05, 3.63) is 53.0 Å². The summed E-state index contributed by atoms with van der Waals surface area (Å²) < 4.78 is 1.68. The Morgan fingerprint density at radius 1 is 1.16 bits per heavy atom. The number of hydrogen-bond donors (Lipinski definition) is 2. The molecule has 3 aromatic rings. The second-order valence-electron chi connectivity index (χ2n) is 8.27. The number of benzene rings is 1. The second kappa shape index (κ2) is 9.17. The Balaban J connectivity index is 1.35. The summed E-state index contributed by atoms with van der Waals surface area (Å²) in [5.74, 6) is -0.0370. The predicted molar refractivity (Wildman–Crippen MR) is 121 cm³/mol. The van der Waals surface area contributed by atoms with E-state index in [9.17, 15) is 10.1 Å². The maximum absolute atomic E-state index is 12.5. The van der Waals surface area contributed by atoms with Gasteiger partial charge in [0, 0.05) is 35.2 Å². The Labute approximate surface area is 182 Å². The number of rotatable bonds is 6. The molecule has 0 saturated heterocycles. The number of anilines is 2. The number of aromatic nitrogens is 3. The summed E-state index contributed by atoms with van der Waals surface area (Å²) in [4.78, 5) is 17.0. The first-order chi connectivity index (χ1) is 15.0. The van der Waals surface area contributed by atoms with Gasteiger partial charge >= 0.3 is 0 Å². The monoisotopic (exact) mass is 416 g/mol. The van der Waals surface area contributed by atoms with E-state index in [1.165, 1.54) is 38.3 Å². The minimum Gasteiger partial charge on any atom is -0.382 e. The molecule has 0 atom stereocenters. The Morgan fingerprint density at radius 2 is 1.87 bits per heavy atom.